The predicted molar refractivity (Wildman–Crippen MR) is 181 cm³/mol. The van der Waals surface area contributed by atoms with E-state index >= 15 is 0 Å². The Morgan fingerprint density at radius 3 is 1.70 bits per heavy atom. The fourth-order valence-corrected chi connectivity index (χ4v) is 6.03. The molecule has 0 aliphatic heterocycles. The minimum absolute atomic E-state index is 0.347. The molecule has 0 saturated heterocycles. The van der Waals surface area contributed by atoms with Gasteiger partial charge in [-0.25, -0.2) is 0 Å². The molecule has 0 unspecified atom stereocenters. The summed E-state index contributed by atoms with van der Waals surface area (Å²) in [4.78, 5) is 0. The van der Waals surface area contributed by atoms with Crippen molar-refractivity contribution in [2.45, 2.75) is 108 Å². The summed E-state index contributed by atoms with van der Waals surface area (Å²) in [7, 11) is 0. The molecule has 0 heteroatoms. The van der Waals surface area contributed by atoms with Crippen LogP contribution >= 0.6 is 0 Å². The maximum atomic E-state index is 2.43. The van der Waals surface area contributed by atoms with Crippen LogP contribution in [0, 0.1) is 22.7 Å². The molecule has 2 aliphatic carbocycles. The van der Waals surface area contributed by atoms with Crippen molar-refractivity contribution >= 4 is 0 Å². The van der Waals surface area contributed by atoms with E-state index in [1.165, 1.54) is 59.1 Å². The SMILES string of the molecule is CC1=CCCC(C)(C)[C@H]1/C=C/C(C)=C/C=C/C(C)=C/C=C/C=C(\C)CC/C=C(C)/C=C/[C@H]1C(C)=CCCC1(C)C. The maximum Gasteiger partial charge on any atom is 0.00285 e. The van der Waals surface area contributed by atoms with Gasteiger partial charge in [0.2, 0.25) is 0 Å². The van der Waals surface area contributed by atoms with Gasteiger partial charge in [-0.1, -0.05) is 146 Å². The predicted octanol–water partition coefficient (Wildman–Crippen LogP) is 12.5. The Balaban J connectivity index is 1.81. The first kappa shape index (κ1) is 33.6. The zero-order valence-electron chi connectivity index (χ0n) is 27.5. The second kappa shape index (κ2) is 16.0. The van der Waals surface area contributed by atoms with E-state index in [4.69, 9.17) is 0 Å². The lowest BCUT2D eigenvalue weighted by Crippen LogP contribution is -2.26. The van der Waals surface area contributed by atoms with Crippen LogP contribution in [-0.4, -0.2) is 0 Å². The quantitative estimate of drug-likeness (QED) is 0.181. The Labute approximate surface area is 248 Å². The summed E-state index contributed by atoms with van der Waals surface area (Å²) in [5, 5.41) is 0. The highest BCUT2D eigenvalue weighted by Crippen LogP contribution is 2.42. The average Bonchev–Trinajstić information content (AvgIpc) is 2.85. The lowest BCUT2D eigenvalue weighted by atomic mass is 9.68. The Morgan fingerprint density at radius 1 is 0.675 bits per heavy atom. The van der Waals surface area contributed by atoms with E-state index < -0.39 is 0 Å². The van der Waals surface area contributed by atoms with Gasteiger partial charge in [-0.05, 0) is 90.9 Å². The van der Waals surface area contributed by atoms with Crippen molar-refractivity contribution in [3.05, 3.63) is 119 Å². The van der Waals surface area contributed by atoms with E-state index in [0.717, 1.165) is 12.8 Å². The van der Waals surface area contributed by atoms with Crippen LogP contribution in [0.15, 0.2) is 119 Å². The summed E-state index contributed by atoms with van der Waals surface area (Å²) in [6.45, 7) is 23.0. The maximum absolute atomic E-state index is 2.43. The van der Waals surface area contributed by atoms with Crippen LogP contribution < -0.4 is 0 Å². The molecule has 0 aromatic rings. The molecule has 0 N–H and O–H groups in total. The summed E-state index contributed by atoms with van der Waals surface area (Å²) in [5.41, 5.74) is 9.06. The van der Waals surface area contributed by atoms with Gasteiger partial charge in [0.1, 0.15) is 0 Å². The second-order valence-corrected chi connectivity index (χ2v) is 13.7. The van der Waals surface area contributed by atoms with E-state index in [2.05, 4.69) is 154 Å². The minimum atomic E-state index is 0.347. The number of allylic oxidation sites excluding steroid dienone is 20. The molecule has 0 bridgehead atoms. The fourth-order valence-electron chi connectivity index (χ4n) is 6.03. The van der Waals surface area contributed by atoms with Gasteiger partial charge in [-0.2, -0.15) is 0 Å². The molecule has 40 heavy (non-hydrogen) atoms. The molecule has 0 aromatic carbocycles. The molecule has 0 fully saturated rings. The zero-order chi connectivity index (χ0) is 29.8. The summed E-state index contributed by atoms with van der Waals surface area (Å²) in [5.74, 6) is 1.09. The molecule has 2 rings (SSSR count). The van der Waals surface area contributed by atoms with Gasteiger partial charge in [0, 0.05) is 11.8 Å². The molecule has 0 nitrogen and oxygen atoms in total. The van der Waals surface area contributed by atoms with E-state index in [0.29, 0.717) is 22.7 Å². The van der Waals surface area contributed by atoms with E-state index in [-0.39, 0.29) is 0 Å². The van der Waals surface area contributed by atoms with Crippen molar-refractivity contribution in [2.24, 2.45) is 22.7 Å². The Morgan fingerprint density at radius 2 is 1.15 bits per heavy atom. The van der Waals surface area contributed by atoms with Gasteiger partial charge in [0.05, 0.1) is 0 Å². The van der Waals surface area contributed by atoms with Crippen LogP contribution in [0.1, 0.15) is 108 Å². The number of hydrogen-bond acceptors (Lipinski definition) is 0. The normalized spacial score (nSPS) is 24.9. The molecular formula is C40H58. The average molecular weight is 539 g/mol. The first-order chi connectivity index (χ1) is 18.8. The van der Waals surface area contributed by atoms with Gasteiger partial charge >= 0.3 is 0 Å². The van der Waals surface area contributed by atoms with Crippen molar-refractivity contribution in [1.29, 1.82) is 0 Å². The highest BCUT2D eigenvalue weighted by molar-refractivity contribution is 5.31. The molecule has 2 aliphatic rings. The highest BCUT2D eigenvalue weighted by atomic mass is 14.4. The van der Waals surface area contributed by atoms with Crippen molar-refractivity contribution in [3.63, 3.8) is 0 Å². The van der Waals surface area contributed by atoms with Crippen LogP contribution in [0.4, 0.5) is 0 Å². The molecule has 0 heterocycles. The third-order valence-corrected chi connectivity index (χ3v) is 8.85. The molecule has 2 atom stereocenters. The van der Waals surface area contributed by atoms with Crippen molar-refractivity contribution in [2.75, 3.05) is 0 Å². The van der Waals surface area contributed by atoms with Crippen LogP contribution in [-0.2, 0) is 0 Å². The number of hydrogen-bond donors (Lipinski definition) is 0. The van der Waals surface area contributed by atoms with Crippen LogP contribution in [0.2, 0.25) is 0 Å². The van der Waals surface area contributed by atoms with Gasteiger partial charge in [0.25, 0.3) is 0 Å². The van der Waals surface area contributed by atoms with Crippen LogP contribution in [0.25, 0.3) is 0 Å². The zero-order valence-corrected chi connectivity index (χ0v) is 27.5. The number of rotatable bonds is 11. The summed E-state index contributed by atoms with van der Waals surface area (Å²) in [6.07, 6.45) is 39.1. The van der Waals surface area contributed by atoms with Crippen molar-refractivity contribution < 1.29 is 0 Å². The molecule has 0 saturated carbocycles. The van der Waals surface area contributed by atoms with Crippen molar-refractivity contribution in [1.82, 2.24) is 0 Å². The minimum Gasteiger partial charge on any atom is -0.0850 e. The summed E-state index contributed by atoms with van der Waals surface area (Å²) in [6, 6.07) is 0. The molecule has 0 aromatic heterocycles. The third-order valence-electron chi connectivity index (χ3n) is 8.85. The third kappa shape index (κ3) is 11.5. The van der Waals surface area contributed by atoms with Crippen LogP contribution in [0.3, 0.4) is 0 Å². The lowest BCUT2D eigenvalue weighted by Gasteiger charge is -2.36. The fraction of sp³-hybridized carbons (Fsp3) is 0.500. The molecule has 218 valence electrons. The first-order valence-electron chi connectivity index (χ1n) is 15.5. The van der Waals surface area contributed by atoms with Gasteiger partial charge in [0.15, 0.2) is 0 Å². The smallest absolute Gasteiger partial charge is 0.00285 e. The van der Waals surface area contributed by atoms with Crippen LogP contribution in [0.5, 0.6) is 0 Å². The Hall–Kier alpha value is -2.60. The Bertz CT molecular complexity index is 1140. The molecule has 0 radical (unpaired) electrons. The first-order valence-corrected chi connectivity index (χ1v) is 15.5. The van der Waals surface area contributed by atoms with E-state index in [9.17, 15) is 0 Å². The van der Waals surface area contributed by atoms with Gasteiger partial charge < -0.3 is 0 Å². The molecular weight excluding hydrogens is 480 g/mol. The monoisotopic (exact) mass is 538 g/mol. The molecule has 0 amide bonds. The van der Waals surface area contributed by atoms with Gasteiger partial charge in [-0.15, -0.1) is 0 Å². The van der Waals surface area contributed by atoms with E-state index in [1.54, 1.807) is 0 Å². The Kier molecular flexibility index (Phi) is 13.4. The second-order valence-electron chi connectivity index (χ2n) is 13.7. The largest absolute Gasteiger partial charge is 0.0850 e. The van der Waals surface area contributed by atoms with E-state index in [1.807, 2.05) is 0 Å². The lowest BCUT2D eigenvalue weighted by molar-refractivity contribution is 0.255. The van der Waals surface area contributed by atoms with Crippen molar-refractivity contribution in [3.8, 4) is 0 Å². The highest BCUT2D eigenvalue weighted by Gasteiger charge is 2.31. The standard InChI is InChI=1S/C40H58/c1-31(19-13-21-33(3)25-27-37-35(5)23-15-29-39(37,7)8)17-11-12-18-32(2)20-14-22-34(4)26-28-38-36(6)24-16-30-40(38,9)10/h11-13,17-19,21-28,37-38H,14-16,20,29-30H2,1-10H3/b12-11+,19-13+,27-25+,28-26+,31-17+,32-18+,33-21+,34-22+/t37-,38-/m0/s1. The topological polar surface area (TPSA) is 0 Å². The summed E-state index contributed by atoms with van der Waals surface area (Å²) >= 11 is 0. The molecule has 0 spiro atoms. The summed E-state index contributed by atoms with van der Waals surface area (Å²) < 4.78 is 0. The van der Waals surface area contributed by atoms with Gasteiger partial charge in [-0.3, -0.25) is 0 Å².